The molecule has 0 spiro atoms. The maximum absolute atomic E-state index is 13.2. The normalized spacial score (nSPS) is 16.2. The van der Waals surface area contributed by atoms with E-state index in [0.717, 1.165) is 35.0 Å². The van der Waals surface area contributed by atoms with Crippen molar-refractivity contribution in [2.24, 2.45) is 5.92 Å². The number of amides is 1. The summed E-state index contributed by atoms with van der Waals surface area (Å²) in [7, 11) is -3.26. The topological polar surface area (TPSA) is 76.1 Å². The van der Waals surface area contributed by atoms with Crippen molar-refractivity contribution in [1.82, 2.24) is 4.98 Å². The van der Waals surface area contributed by atoms with Crippen LogP contribution in [0.15, 0.2) is 53.4 Å². The minimum Gasteiger partial charge on any atom is -0.301 e. The quantitative estimate of drug-likeness (QED) is 0.599. The number of para-hydroxylation sites is 1. The summed E-state index contributed by atoms with van der Waals surface area (Å²) in [5.74, 6) is 0.123. The second kappa shape index (κ2) is 8.24. The summed E-state index contributed by atoms with van der Waals surface area (Å²) in [5.41, 5.74) is 1.72. The predicted molar refractivity (Wildman–Crippen MR) is 117 cm³/mol. The van der Waals surface area contributed by atoms with Crippen LogP contribution in [0.3, 0.4) is 0 Å². The number of nitrogens with zero attached hydrogens (tertiary/aromatic N) is 1. The monoisotopic (exact) mass is 428 g/mol. The van der Waals surface area contributed by atoms with Crippen molar-refractivity contribution in [3.63, 3.8) is 0 Å². The highest BCUT2D eigenvalue weighted by Crippen LogP contribution is 2.35. The lowest BCUT2D eigenvalue weighted by Gasteiger charge is -2.20. The zero-order valence-electron chi connectivity index (χ0n) is 16.3. The molecule has 1 aromatic heterocycles. The highest BCUT2D eigenvalue weighted by atomic mass is 32.2. The van der Waals surface area contributed by atoms with E-state index in [1.807, 2.05) is 24.3 Å². The minimum absolute atomic E-state index is 0.0805. The molecule has 0 aliphatic heterocycles. The van der Waals surface area contributed by atoms with Gasteiger partial charge in [0, 0.05) is 6.26 Å². The molecule has 152 valence electrons. The molecular formula is C22H24N2O3S2. The van der Waals surface area contributed by atoms with Gasteiger partial charge in [-0.1, -0.05) is 61.3 Å². The molecule has 2 aromatic carbocycles. The Balaban J connectivity index is 1.59. The summed E-state index contributed by atoms with van der Waals surface area (Å²) < 4.78 is 24.6. The van der Waals surface area contributed by atoms with E-state index in [-0.39, 0.29) is 16.7 Å². The Morgan fingerprint density at radius 1 is 1.14 bits per heavy atom. The van der Waals surface area contributed by atoms with Crippen molar-refractivity contribution in [3.05, 3.63) is 54.1 Å². The standard InChI is InChI=1S/C22H24N2O3S2/c1-29(26,27)17-12-10-16(11-13-17)18(14-15-6-2-3-7-15)21(25)24-22-23-19-8-4-5-9-20(19)28-22/h4-5,8-13,15,18H,2-3,6-7,14H2,1H3,(H,23,24,25)/t18-/m1/s1. The number of carbonyl (C=O) groups excluding carboxylic acids is 1. The number of sulfone groups is 1. The van der Waals surface area contributed by atoms with Crippen LogP contribution in [0.5, 0.6) is 0 Å². The number of benzene rings is 2. The second-order valence-electron chi connectivity index (χ2n) is 7.76. The summed E-state index contributed by atoms with van der Waals surface area (Å²) in [5, 5.41) is 3.60. The van der Waals surface area contributed by atoms with Crippen LogP contribution >= 0.6 is 11.3 Å². The molecule has 5 nitrogen and oxygen atoms in total. The number of fused-ring (bicyclic) bond motifs is 1. The fourth-order valence-electron chi connectivity index (χ4n) is 4.04. The fourth-order valence-corrected chi connectivity index (χ4v) is 5.54. The van der Waals surface area contributed by atoms with Crippen LogP contribution in [-0.2, 0) is 14.6 Å². The first-order valence-corrected chi connectivity index (χ1v) is 12.6. The lowest BCUT2D eigenvalue weighted by molar-refractivity contribution is -0.118. The number of nitrogens with one attached hydrogen (secondary N) is 1. The minimum atomic E-state index is -3.26. The molecule has 0 saturated heterocycles. The molecule has 1 heterocycles. The first kappa shape index (κ1) is 20.0. The summed E-state index contributed by atoms with van der Waals surface area (Å²) in [6, 6.07) is 14.5. The number of carbonyl (C=O) groups is 1. The average Bonchev–Trinajstić information content (AvgIpc) is 3.34. The molecule has 0 bridgehead atoms. The van der Waals surface area contributed by atoms with Gasteiger partial charge in [-0.3, -0.25) is 4.79 Å². The number of thiazole rings is 1. The molecule has 3 aromatic rings. The first-order valence-electron chi connectivity index (χ1n) is 9.86. The summed E-state index contributed by atoms with van der Waals surface area (Å²) in [4.78, 5) is 18.0. The summed E-state index contributed by atoms with van der Waals surface area (Å²) in [6.45, 7) is 0. The molecule has 4 rings (SSSR count). The highest BCUT2D eigenvalue weighted by molar-refractivity contribution is 7.90. The predicted octanol–water partition coefficient (Wildman–Crippen LogP) is 5.00. The SMILES string of the molecule is CS(=O)(=O)c1ccc([C@@H](CC2CCCC2)C(=O)Nc2nc3ccccc3s2)cc1. The van der Waals surface area contributed by atoms with Gasteiger partial charge >= 0.3 is 0 Å². The van der Waals surface area contributed by atoms with Crippen LogP contribution < -0.4 is 5.32 Å². The van der Waals surface area contributed by atoms with Gasteiger partial charge in [-0.15, -0.1) is 0 Å². The molecule has 7 heteroatoms. The molecule has 1 aliphatic carbocycles. The number of hydrogen-bond donors (Lipinski definition) is 1. The Hall–Kier alpha value is -2.25. The van der Waals surface area contributed by atoms with E-state index in [2.05, 4.69) is 10.3 Å². The van der Waals surface area contributed by atoms with E-state index in [1.54, 1.807) is 24.3 Å². The Morgan fingerprint density at radius 3 is 2.48 bits per heavy atom. The Labute approximate surface area is 175 Å². The van der Waals surface area contributed by atoms with Gasteiger partial charge in [-0.05, 0) is 42.2 Å². The van der Waals surface area contributed by atoms with Crippen LogP contribution in [-0.4, -0.2) is 25.6 Å². The van der Waals surface area contributed by atoms with Gasteiger partial charge in [0.15, 0.2) is 15.0 Å². The maximum Gasteiger partial charge on any atom is 0.233 e. The molecule has 0 unspecified atom stereocenters. The molecule has 1 amide bonds. The molecule has 1 N–H and O–H groups in total. The first-order chi connectivity index (χ1) is 13.9. The number of hydrogen-bond acceptors (Lipinski definition) is 5. The average molecular weight is 429 g/mol. The van der Waals surface area contributed by atoms with Crippen molar-refractivity contribution in [2.45, 2.75) is 42.9 Å². The van der Waals surface area contributed by atoms with Crippen molar-refractivity contribution in [2.75, 3.05) is 11.6 Å². The smallest absolute Gasteiger partial charge is 0.233 e. The van der Waals surface area contributed by atoms with Gasteiger partial charge in [0.25, 0.3) is 0 Å². The van der Waals surface area contributed by atoms with Crippen LogP contribution in [0.2, 0.25) is 0 Å². The van der Waals surface area contributed by atoms with Gasteiger partial charge in [-0.25, -0.2) is 13.4 Å². The van der Waals surface area contributed by atoms with Crippen LogP contribution in [0.4, 0.5) is 5.13 Å². The fraction of sp³-hybridized carbons (Fsp3) is 0.364. The van der Waals surface area contributed by atoms with Gasteiger partial charge < -0.3 is 5.32 Å². The zero-order chi connectivity index (χ0) is 20.4. The van der Waals surface area contributed by atoms with Crippen molar-refractivity contribution < 1.29 is 13.2 Å². The molecule has 29 heavy (non-hydrogen) atoms. The number of rotatable bonds is 6. The molecular weight excluding hydrogens is 404 g/mol. The third-order valence-electron chi connectivity index (χ3n) is 5.59. The third-order valence-corrected chi connectivity index (χ3v) is 7.68. The van der Waals surface area contributed by atoms with E-state index in [1.165, 1.54) is 30.4 Å². The Morgan fingerprint density at radius 2 is 1.83 bits per heavy atom. The van der Waals surface area contributed by atoms with Crippen molar-refractivity contribution >= 4 is 42.4 Å². The summed E-state index contributed by atoms with van der Waals surface area (Å²) >= 11 is 1.46. The Kier molecular flexibility index (Phi) is 5.69. The second-order valence-corrected chi connectivity index (χ2v) is 10.8. The van der Waals surface area contributed by atoms with E-state index in [0.29, 0.717) is 11.0 Å². The van der Waals surface area contributed by atoms with Gasteiger partial charge in [0.2, 0.25) is 5.91 Å². The van der Waals surface area contributed by atoms with Crippen LogP contribution in [0.1, 0.15) is 43.6 Å². The van der Waals surface area contributed by atoms with E-state index < -0.39 is 9.84 Å². The van der Waals surface area contributed by atoms with Gasteiger partial charge in [-0.2, -0.15) is 0 Å². The van der Waals surface area contributed by atoms with E-state index in [4.69, 9.17) is 0 Å². The van der Waals surface area contributed by atoms with Crippen LogP contribution in [0.25, 0.3) is 10.2 Å². The molecule has 1 atom stereocenters. The molecule has 1 fully saturated rings. The van der Waals surface area contributed by atoms with Crippen molar-refractivity contribution in [3.8, 4) is 0 Å². The lowest BCUT2D eigenvalue weighted by atomic mass is 9.87. The zero-order valence-corrected chi connectivity index (χ0v) is 17.9. The lowest BCUT2D eigenvalue weighted by Crippen LogP contribution is -2.23. The number of aromatic nitrogens is 1. The highest BCUT2D eigenvalue weighted by Gasteiger charge is 2.27. The number of anilines is 1. The van der Waals surface area contributed by atoms with Crippen molar-refractivity contribution in [1.29, 1.82) is 0 Å². The van der Waals surface area contributed by atoms with Gasteiger partial charge in [0.05, 0.1) is 21.0 Å². The Bertz CT molecular complexity index is 1080. The van der Waals surface area contributed by atoms with E-state index in [9.17, 15) is 13.2 Å². The van der Waals surface area contributed by atoms with E-state index >= 15 is 0 Å². The molecule has 1 aliphatic rings. The van der Waals surface area contributed by atoms with Crippen LogP contribution in [0, 0.1) is 5.92 Å². The molecule has 1 saturated carbocycles. The summed E-state index contributed by atoms with van der Waals surface area (Å²) in [6.07, 6.45) is 6.68. The third kappa shape index (κ3) is 4.67. The maximum atomic E-state index is 13.2. The van der Waals surface area contributed by atoms with Gasteiger partial charge in [0.1, 0.15) is 0 Å². The largest absolute Gasteiger partial charge is 0.301 e. The molecule has 0 radical (unpaired) electrons.